The van der Waals surface area contributed by atoms with Gasteiger partial charge in [0.15, 0.2) is 0 Å². The summed E-state index contributed by atoms with van der Waals surface area (Å²) in [6.07, 6.45) is 2.93. The van der Waals surface area contributed by atoms with Crippen LogP contribution < -0.4 is 0 Å². The number of benzene rings is 1. The molecule has 108 valence electrons. The Morgan fingerprint density at radius 2 is 1.60 bits per heavy atom. The Morgan fingerprint density at radius 1 is 0.950 bits per heavy atom. The van der Waals surface area contributed by atoms with Crippen molar-refractivity contribution in [3.63, 3.8) is 0 Å². The molecule has 0 amide bonds. The van der Waals surface area contributed by atoms with Crippen LogP contribution in [0.4, 0.5) is 0 Å². The highest BCUT2D eigenvalue weighted by Gasteiger charge is 2.23. The fourth-order valence-electron chi connectivity index (χ4n) is 2.68. The van der Waals surface area contributed by atoms with Crippen LogP contribution in [0.25, 0.3) is 10.8 Å². The first-order chi connectivity index (χ1) is 9.14. The van der Waals surface area contributed by atoms with Crippen LogP contribution in [-0.4, -0.2) is 4.98 Å². The van der Waals surface area contributed by atoms with E-state index in [-0.39, 0.29) is 10.8 Å². The van der Waals surface area contributed by atoms with Gasteiger partial charge < -0.3 is 0 Å². The van der Waals surface area contributed by atoms with Gasteiger partial charge in [-0.2, -0.15) is 0 Å². The predicted octanol–water partition coefficient (Wildman–Crippen LogP) is 5.39. The molecule has 1 heterocycles. The largest absolute Gasteiger partial charge is 0.261 e. The monoisotopic (exact) mass is 269 g/mol. The fraction of sp³-hybridized carbons (Fsp3) is 0.526. The lowest BCUT2D eigenvalue weighted by atomic mass is 9.77. The number of hydrogen-bond acceptors (Lipinski definition) is 1. The van der Waals surface area contributed by atoms with Gasteiger partial charge in [-0.3, -0.25) is 4.98 Å². The highest BCUT2D eigenvalue weighted by atomic mass is 14.7. The molecular weight excluding hydrogens is 242 g/mol. The Morgan fingerprint density at radius 3 is 2.10 bits per heavy atom. The van der Waals surface area contributed by atoms with Crippen molar-refractivity contribution in [2.24, 2.45) is 0 Å². The summed E-state index contributed by atoms with van der Waals surface area (Å²) in [6.45, 7) is 15.9. The molecule has 1 aromatic heterocycles. The maximum atomic E-state index is 4.59. The van der Waals surface area contributed by atoms with E-state index >= 15 is 0 Å². The minimum absolute atomic E-state index is 0.131. The smallest absolute Gasteiger partial charge is 0.0482 e. The Labute approximate surface area is 123 Å². The number of aromatic nitrogens is 1. The average Bonchev–Trinajstić information content (AvgIpc) is 2.34. The third-order valence-corrected chi connectivity index (χ3v) is 3.95. The maximum absolute atomic E-state index is 4.59. The SMILES string of the molecule is CCc1nccc2cc(C(C)(C)C)cc(C(C)(C)C)c12. The van der Waals surface area contributed by atoms with E-state index < -0.39 is 0 Å². The van der Waals surface area contributed by atoms with Crippen LogP contribution in [0, 0.1) is 0 Å². The lowest BCUT2D eigenvalue weighted by Crippen LogP contribution is -2.17. The van der Waals surface area contributed by atoms with Crippen LogP contribution in [0.1, 0.15) is 65.3 Å². The van der Waals surface area contributed by atoms with Gasteiger partial charge in [-0.15, -0.1) is 0 Å². The summed E-state index contributed by atoms with van der Waals surface area (Å²) in [6, 6.07) is 6.88. The van der Waals surface area contributed by atoms with E-state index in [1.165, 1.54) is 27.6 Å². The molecule has 2 aromatic rings. The van der Waals surface area contributed by atoms with E-state index in [2.05, 4.69) is 71.6 Å². The number of nitrogens with zero attached hydrogens (tertiary/aromatic N) is 1. The topological polar surface area (TPSA) is 12.9 Å². The molecular formula is C19H27N. The van der Waals surface area contributed by atoms with Crippen molar-refractivity contribution in [3.8, 4) is 0 Å². The standard InChI is InChI=1S/C19H27N/c1-8-16-17-13(9-10-20-16)11-14(18(2,3)4)12-15(17)19(5,6)7/h9-12H,8H2,1-7H3. The first kappa shape index (κ1) is 15.0. The lowest BCUT2D eigenvalue weighted by molar-refractivity contribution is 0.572. The van der Waals surface area contributed by atoms with Crippen molar-refractivity contribution in [2.45, 2.75) is 65.7 Å². The number of hydrogen-bond donors (Lipinski definition) is 0. The zero-order chi connectivity index (χ0) is 15.1. The third kappa shape index (κ3) is 2.72. The quantitative estimate of drug-likeness (QED) is 0.676. The first-order valence-corrected chi connectivity index (χ1v) is 7.57. The highest BCUT2D eigenvalue weighted by molar-refractivity contribution is 5.89. The van der Waals surface area contributed by atoms with E-state index in [9.17, 15) is 0 Å². The third-order valence-electron chi connectivity index (χ3n) is 3.95. The molecule has 0 atom stereocenters. The van der Waals surface area contributed by atoms with Crippen LogP contribution in [-0.2, 0) is 17.3 Å². The summed E-state index contributed by atoms with van der Waals surface area (Å²) in [5, 5.41) is 2.68. The van der Waals surface area contributed by atoms with Crippen molar-refractivity contribution in [3.05, 3.63) is 41.2 Å². The molecule has 0 aliphatic rings. The zero-order valence-electron chi connectivity index (χ0n) is 14.0. The Hall–Kier alpha value is -1.37. The second kappa shape index (κ2) is 4.87. The minimum atomic E-state index is 0.131. The molecule has 0 saturated heterocycles. The molecule has 2 rings (SSSR count). The van der Waals surface area contributed by atoms with E-state index in [1.54, 1.807) is 0 Å². The van der Waals surface area contributed by atoms with Crippen LogP contribution in [0.5, 0.6) is 0 Å². The number of pyridine rings is 1. The van der Waals surface area contributed by atoms with Crippen LogP contribution in [0.2, 0.25) is 0 Å². The normalized spacial score (nSPS) is 12.9. The highest BCUT2D eigenvalue weighted by Crippen LogP contribution is 2.36. The second-order valence-corrected chi connectivity index (χ2v) is 7.73. The maximum Gasteiger partial charge on any atom is 0.0482 e. The van der Waals surface area contributed by atoms with Gasteiger partial charge >= 0.3 is 0 Å². The van der Waals surface area contributed by atoms with Gasteiger partial charge in [0.1, 0.15) is 0 Å². The summed E-state index contributed by atoms with van der Waals surface area (Å²) in [4.78, 5) is 4.59. The average molecular weight is 269 g/mol. The second-order valence-electron chi connectivity index (χ2n) is 7.73. The lowest BCUT2D eigenvalue weighted by Gasteiger charge is -2.27. The van der Waals surface area contributed by atoms with Crippen molar-refractivity contribution in [2.75, 3.05) is 0 Å². The first-order valence-electron chi connectivity index (χ1n) is 7.57. The number of fused-ring (bicyclic) bond motifs is 1. The predicted molar refractivity (Wildman–Crippen MR) is 88.5 cm³/mol. The van der Waals surface area contributed by atoms with Gasteiger partial charge in [-0.1, -0.05) is 60.6 Å². The molecule has 0 N–H and O–H groups in total. The van der Waals surface area contributed by atoms with Crippen LogP contribution >= 0.6 is 0 Å². The Balaban J connectivity index is 2.90. The van der Waals surface area contributed by atoms with E-state index in [0.29, 0.717) is 0 Å². The van der Waals surface area contributed by atoms with Gasteiger partial charge in [0.05, 0.1) is 0 Å². The van der Waals surface area contributed by atoms with Gasteiger partial charge in [0.2, 0.25) is 0 Å². The Bertz CT molecular complexity index is 624. The van der Waals surface area contributed by atoms with Crippen molar-refractivity contribution in [1.82, 2.24) is 4.98 Å². The fourth-order valence-corrected chi connectivity index (χ4v) is 2.68. The molecule has 1 aromatic carbocycles. The van der Waals surface area contributed by atoms with E-state index in [4.69, 9.17) is 0 Å². The van der Waals surface area contributed by atoms with Crippen molar-refractivity contribution >= 4 is 10.8 Å². The van der Waals surface area contributed by atoms with Crippen LogP contribution in [0.15, 0.2) is 24.4 Å². The molecule has 0 aliphatic heterocycles. The van der Waals surface area contributed by atoms with Crippen molar-refractivity contribution in [1.29, 1.82) is 0 Å². The molecule has 1 heteroatoms. The molecule has 0 bridgehead atoms. The van der Waals surface area contributed by atoms with Crippen molar-refractivity contribution < 1.29 is 0 Å². The molecule has 0 aliphatic carbocycles. The summed E-state index contributed by atoms with van der Waals surface area (Å²) in [7, 11) is 0. The molecule has 0 unspecified atom stereocenters. The number of aryl methyl sites for hydroxylation is 1. The molecule has 0 fully saturated rings. The van der Waals surface area contributed by atoms with Gasteiger partial charge in [0, 0.05) is 17.3 Å². The molecule has 0 spiro atoms. The van der Waals surface area contributed by atoms with Gasteiger partial charge in [-0.05, 0) is 39.8 Å². The van der Waals surface area contributed by atoms with Crippen LogP contribution in [0.3, 0.4) is 0 Å². The van der Waals surface area contributed by atoms with E-state index in [0.717, 1.165) is 6.42 Å². The van der Waals surface area contributed by atoms with E-state index in [1.807, 2.05) is 6.20 Å². The molecule has 20 heavy (non-hydrogen) atoms. The zero-order valence-corrected chi connectivity index (χ0v) is 14.0. The Kier molecular flexibility index (Phi) is 3.66. The molecule has 0 saturated carbocycles. The summed E-state index contributed by atoms with van der Waals surface area (Å²) in [5.41, 5.74) is 4.34. The molecule has 0 radical (unpaired) electrons. The minimum Gasteiger partial charge on any atom is -0.261 e. The van der Waals surface area contributed by atoms with Gasteiger partial charge in [-0.25, -0.2) is 0 Å². The summed E-state index contributed by atoms with van der Waals surface area (Å²) in [5.74, 6) is 0. The number of rotatable bonds is 1. The van der Waals surface area contributed by atoms with Gasteiger partial charge in [0.25, 0.3) is 0 Å². The summed E-state index contributed by atoms with van der Waals surface area (Å²) >= 11 is 0. The molecule has 1 nitrogen and oxygen atoms in total. The summed E-state index contributed by atoms with van der Waals surface area (Å²) < 4.78 is 0.